The number of aromatic nitrogens is 2. The topological polar surface area (TPSA) is 90.5 Å². The second kappa shape index (κ2) is 9.25. The van der Waals surface area contributed by atoms with Crippen LogP contribution in [0.1, 0.15) is 26.3 Å². The summed E-state index contributed by atoms with van der Waals surface area (Å²) in [6.45, 7) is 9.45. The highest BCUT2D eigenvalue weighted by atomic mass is 32.2. The van der Waals surface area contributed by atoms with Crippen molar-refractivity contribution in [3.05, 3.63) is 78.5 Å². The maximum atomic E-state index is 14.0. The van der Waals surface area contributed by atoms with Gasteiger partial charge in [0.15, 0.2) is 5.82 Å². The Bertz CT molecular complexity index is 1600. The number of nitrogens with zero attached hydrogens (tertiary/aromatic N) is 4. The van der Waals surface area contributed by atoms with Crippen molar-refractivity contribution in [3.63, 3.8) is 0 Å². The van der Waals surface area contributed by atoms with Gasteiger partial charge in [-0.25, -0.2) is 17.7 Å². The molecule has 9 heteroatoms. The van der Waals surface area contributed by atoms with Gasteiger partial charge in [0, 0.05) is 66.2 Å². The number of sulfonamides is 1. The molecule has 2 aliphatic heterocycles. The quantitative estimate of drug-likeness (QED) is 0.389. The summed E-state index contributed by atoms with van der Waals surface area (Å²) < 4.78 is 29.5. The first-order valence-corrected chi connectivity index (χ1v) is 14.4. The molecule has 1 unspecified atom stereocenters. The molecule has 38 heavy (non-hydrogen) atoms. The van der Waals surface area contributed by atoms with Crippen LogP contribution < -0.4 is 19.8 Å². The summed E-state index contributed by atoms with van der Waals surface area (Å²) in [5, 5.41) is 8.32. The van der Waals surface area contributed by atoms with Crippen molar-refractivity contribution < 1.29 is 8.42 Å². The lowest BCUT2D eigenvalue weighted by atomic mass is 9.89. The first kappa shape index (κ1) is 24.6. The van der Waals surface area contributed by atoms with E-state index in [1.54, 1.807) is 18.3 Å². The predicted molar refractivity (Wildman–Crippen MR) is 153 cm³/mol. The van der Waals surface area contributed by atoms with Gasteiger partial charge in [0.1, 0.15) is 0 Å². The molecule has 1 aromatic heterocycles. The monoisotopic (exact) mass is 528 g/mol. The molecular weight excluding hydrogens is 496 g/mol. The number of hydrogen-bond acceptors (Lipinski definition) is 7. The van der Waals surface area contributed by atoms with Gasteiger partial charge in [0.2, 0.25) is 5.95 Å². The molecule has 1 atom stereocenters. The minimum absolute atomic E-state index is 0.283. The zero-order valence-corrected chi connectivity index (χ0v) is 22.7. The summed E-state index contributed by atoms with van der Waals surface area (Å²) in [5.74, 6) is 0.787. The highest BCUT2D eigenvalue weighted by Crippen LogP contribution is 2.43. The van der Waals surface area contributed by atoms with E-state index in [1.807, 2.05) is 56.3 Å². The van der Waals surface area contributed by atoms with Gasteiger partial charge in [-0.15, -0.1) is 0 Å². The number of benzene rings is 3. The summed E-state index contributed by atoms with van der Waals surface area (Å²) >= 11 is 0. The Morgan fingerprint density at radius 2 is 1.79 bits per heavy atom. The van der Waals surface area contributed by atoms with Crippen molar-refractivity contribution in [3.8, 4) is 0 Å². The Hall–Kier alpha value is -3.69. The fourth-order valence-corrected chi connectivity index (χ4v) is 7.22. The average Bonchev–Trinajstić information content (AvgIpc) is 3.19. The Balaban J connectivity index is 1.31. The van der Waals surface area contributed by atoms with E-state index < -0.39 is 15.4 Å². The van der Waals surface area contributed by atoms with E-state index in [1.165, 1.54) is 9.99 Å². The van der Waals surface area contributed by atoms with E-state index in [0.717, 1.165) is 36.3 Å². The fourth-order valence-electron chi connectivity index (χ4n) is 5.41. The molecule has 0 bridgehead atoms. The smallest absolute Gasteiger partial charge is 0.266 e. The van der Waals surface area contributed by atoms with E-state index in [2.05, 4.69) is 39.6 Å². The van der Waals surface area contributed by atoms with Crippen LogP contribution in [-0.4, -0.2) is 50.6 Å². The summed E-state index contributed by atoms with van der Waals surface area (Å²) in [4.78, 5) is 11.9. The lowest BCUT2D eigenvalue weighted by molar-refractivity contribution is 0.485. The molecular formula is C29H32N6O2S. The molecule has 0 radical (unpaired) electrons. The van der Waals surface area contributed by atoms with Crippen molar-refractivity contribution in [2.24, 2.45) is 0 Å². The van der Waals surface area contributed by atoms with Crippen molar-refractivity contribution in [2.45, 2.75) is 37.1 Å². The molecule has 1 saturated heterocycles. The van der Waals surface area contributed by atoms with Crippen LogP contribution in [0.15, 0.2) is 77.8 Å². The lowest BCUT2D eigenvalue weighted by Gasteiger charge is -2.33. The van der Waals surface area contributed by atoms with Gasteiger partial charge >= 0.3 is 0 Å². The Morgan fingerprint density at radius 1 is 1.03 bits per heavy atom. The molecule has 0 amide bonds. The number of rotatable bonds is 5. The second-order valence-electron chi connectivity index (χ2n) is 10.8. The number of hydrogen-bond donors (Lipinski definition) is 2. The van der Waals surface area contributed by atoms with E-state index in [9.17, 15) is 8.42 Å². The van der Waals surface area contributed by atoms with Crippen LogP contribution in [0.25, 0.3) is 10.8 Å². The van der Waals surface area contributed by atoms with Crippen LogP contribution in [0, 0.1) is 0 Å². The summed E-state index contributed by atoms with van der Waals surface area (Å²) in [5.41, 5.74) is 2.41. The average molecular weight is 529 g/mol. The predicted octanol–water partition coefficient (Wildman–Crippen LogP) is 4.66. The molecule has 1 fully saturated rings. The zero-order valence-electron chi connectivity index (χ0n) is 21.8. The third-order valence-electron chi connectivity index (χ3n) is 7.45. The Morgan fingerprint density at radius 3 is 2.58 bits per heavy atom. The molecule has 0 spiro atoms. The number of piperazine rings is 1. The Kier molecular flexibility index (Phi) is 6.00. The molecule has 3 aromatic carbocycles. The maximum absolute atomic E-state index is 14.0. The van der Waals surface area contributed by atoms with Crippen LogP contribution in [0.4, 0.5) is 23.1 Å². The third-order valence-corrected chi connectivity index (χ3v) is 9.24. The zero-order chi connectivity index (χ0) is 26.5. The van der Waals surface area contributed by atoms with Crippen molar-refractivity contribution in [1.29, 1.82) is 0 Å². The van der Waals surface area contributed by atoms with Crippen LogP contribution in [0.3, 0.4) is 0 Å². The molecule has 2 N–H and O–H groups in total. The normalized spacial score (nSPS) is 19.0. The number of anilines is 4. The van der Waals surface area contributed by atoms with E-state index >= 15 is 0 Å². The first-order chi connectivity index (χ1) is 18.2. The summed E-state index contributed by atoms with van der Waals surface area (Å²) in [6, 6.07) is 21.6. The van der Waals surface area contributed by atoms with Crippen LogP contribution in [-0.2, 0) is 15.4 Å². The number of nitrogens with one attached hydrogen (secondary N) is 2. The molecule has 0 aliphatic carbocycles. The Labute approximate surface area is 223 Å². The van der Waals surface area contributed by atoms with Gasteiger partial charge in [0.05, 0.1) is 4.90 Å². The minimum Gasteiger partial charge on any atom is -0.369 e. The first-order valence-electron chi connectivity index (χ1n) is 13.0. The van der Waals surface area contributed by atoms with Crippen molar-refractivity contribution in [2.75, 3.05) is 40.7 Å². The SMILES string of the molecule is CC1CN(c2ccc(Nc3ncc4c(n3)N(S(=O)(=O)c3cccc5ccccc35)CC4(C)C)cc2)CCN1. The largest absolute Gasteiger partial charge is 0.369 e. The van der Waals surface area contributed by atoms with Gasteiger partial charge in [-0.3, -0.25) is 0 Å². The highest BCUT2D eigenvalue weighted by molar-refractivity contribution is 7.93. The maximum Gasteiger partial charge on any atom is 0.266 e. The van der Waals surface area contributed by atoms with Gasteiger partial charge in [-0.05, 0) is 42.6 Å². The van der Waals surface area contributed by atoms with Gasteiger partial charge < -0.3 is 15.5 Å². The summed E-state index contributed by atoms with van der Waals surface area (Å²) in [6.07, 6.45) is 1.75. The molecule has 6 rings (SSSR count). The van der Waals surface area contributed by atoms with Gasteiger partial charge in [-0.1, -0.05) is 50.2 Å². The standard InChI is InChI=1S/C29H32N6O2S/c1-20-18-34(16-15-30-20)23-13-11-22(12-14-23)32-28-31-17-25-27(33-28)35(19-29(25,2)3)38(36,37)26-10-6-8-21-7-4-5-9-24(21)26/h4-14,17,20,30H,15-16,18-19H2,1-3H3,(H,31,32,33). The molecule has 0 saturated carbocycles. The highest BCUT2D eigenvalue weighted by Gasteiger charge is 2.43. The van der Waals surface area contributed by atoms with Gasteiger partial charge in [0.25, 0.3) is 10.0 Å². The van der Waals surface area contributed by atoms with Crippen LogP contribution >= 0.6 is 0 Å². The van der Waals surface area contributed by atoms with E-state index in [-0.39, 0.29) is 4.90 Å². The molecule has 8 nitrogen and oxygen atoms in total. The van der Waals surface area contributed by atoms with Crippen LogP contribution in [0.2, 0.25) is 0 Å². The number of fused-ring (bicyclic) bond motifs is 2. The minimum atomic E-state index is -3.86. The van der Waals surface area contributed by atoms with Gasteiger partial charge in [-0.2, -0.15) is 4.98 Å². The van der Waals surface area contributed by atoms with Crippen LogP contribution in [0.5, 0.6) is 0 Å². The van der Waals surface area contributed by atoms with Crippen molar-refractivity contribution >= 4 is 43.9 Å². The van der Waals surface area contributed by atoms with E-state index in [4.69, 9.17) is 4.98 Å². The third kappa shape index (κ3) is 4.35. The molecule has 3 heterocycles. The lowest BCUT2D eigenvalue weighted by Crippen LogP contribution is -2.49. The molecule has 196 valence electrons. The van der Waals surface area contributed by atoms with Crippen molar-refractivity contribution in [1.82, 2.24) is 15.3 Å². The molecule has 4 aromatic rings. The molecule has 2 aliphatic rings. The van der Waals surface area contributed by atoms with E-state index in [0.29, 0.717) is 29.7 Å². The fraction of sp³-hybridized carbons (Fsp3) is 0.310. The second-order valence-corrected chi connectivity index (χ2v) is 12.6. The summed E-state index contributed by atoms with van der Waals surface area (Å²) in [7, 11) is -3.86.